The first-order valence-corrected chi connectivity index (χ1v) is 10.3. The summed E-state index contributed by atoms with van der Waals surface area (Å²) >= 11 is 0. The third-order valence-electron chi connectivity index (χ3n) is 5.93. The SMILES string of the molecule is COc1cc(OC)c(F)c(N2Cc3cnc(N)c(C(C)c4ccccc4)c3N(C)C2=O)c1F. The minimum Gasteiger partial charge on any atom is -0.493 e. The number of ether oxygens (including phenoxy) is 2. The Labute approximate surface area is 190 Å². The number of hydrogen-bond acceptors (Lipinski definition) is 5. The van der Waals surface area contributed by atoms with Crippen LogP contribution in [-0.4, -0.2) is 32.3 Å². The van der Waals surface area contributed by atoms with Crippen LogP contribution in [0, 0.1) is 11.6 Å². The monoisotopic (exact) mass is 454 g/mol. The van der Waals surface area contributed by atoms with Gasteiger partial charge in [0, 0.05) is 36.4 Å². The van der Waals surface area contributed by atoms with E-state index in [2.05, 4.69) is 4.98 Å². The van der Waals surface area contributed by atoms with E-state index in [4.69, 9.17) is 15.2 Å². The molecule has 2 aromatic carbocycles. The van der Waals surface area contributed by atoms with Gasteiger partial charge in [-0.05, 0) is 5.56 Å². The zero-order valence-electron chi connectivity index (χ0n) is 18.7. The molecule has 3 aromatic rings. The molecule has 0 fully saturated rings. The standard InChI is InChI=1S/C24H24F2N4O3/c1-13(14-8-6-5-7-9-14)18-21-15(11-28-23(18)27)12-30(24(31)29(21)2)22-19(25)16(32-3)10-17(33-4)20(22)26/h5-11,13H,12H2,1-4H3,(H2,27,28). The number of hydrogen-bond donors (Lipinski definition) is 1. The summed E-state index contributed by atoms with van der Waals surface area (Å²) in [5.41, 5.74) is 8.55. The summed E-state index contributed by atoms with van der Waals surface area (Å²) < 4.78 is 40.3. The topological polar surface area (TPSA) is 80.9 Å². The maximum absolute atomic E-state index is 15.1. The Bertz CT molecular complexity index is 1190. The number of nitrogens with two attached hydrogens (primary N) is 1. The second-order valence-electron chi connectivity index (χ2n) is 7.75. The third kappa shape index (κ3) is 3.59. The minimum atomic E-state index is -0.998. The number of nitrogen functional groups attached to an aromatic ring is 1. The summed E-state index contributed by atoms with van der Waals surface area (Å²) in [7, 11) is 4.05. The molecule has 2 amide bonds. The predicted molar refractivity (Wildman–Crippen MR) is 122 cm³/mol. The molecular weight excluding hydrogens is 430 g/mol. The predicted octanol–water partition coefficient (Wildman–Crippen LogP) is 4.69. The summed E-state index contributed by atoms with van der Waals surface area (Å²) in [5, 5.41) is 0. The number of benzene rings is 2. The minimum absolute atomic E-state index is 0.107. The van der Waals surface area contributed by atoms with Gasteiger partial charge in [-0.2, -0.15) is 0 Å². The Hall–Kier alpha value is -3.88. The summed E-state index contributed by atoms with van der Waals surface area (Å²) in [5.74, 6) is -2.35. The molecule has 1 unspecified atom stereocenters. The fraction of sp³-hybridized carbons (Fsp3) is 0.250. The Balaban J connectivity index is 1.86. The van der Waals surface area contributed by atoms with Gasteiger partial charge in [0.05, 0.1) is 26.5 Å². The highest BCUT2D eigenvalue weighted by Gasteiger charge is 2.37. The maximum atomic E-state index is 15.1. The molecule has 0 spiro atoms. The molecule has 33 heavy (non-hydrogen) atoms. The van der Waals surface area contributed by atoms with Crippen LogP contribution in [0.5, 0.6) is 11.5 Å². The zero-order chi connectivity index (χ0) is 23.9. The first-order chi connectivity index (χ1) is 15.8. The summed E-state index contributed by atoms with van der Waals surface area (Å²) in [6.07, 6.45) is 1.52. The second-order valence-corrected chi connectivity index (χ2v) is 7.75. The lowest BCUT2D eigenvalue weighted by Gasteiger charge is -2.37. The fourth-order valence-electron chi connectivity index (χ4n) is 4.22. The van der Waals surface area contributed by atoms with Crippen molar-refractivity contribution in [3.8, 4) is 11.5 Å². The van der Waals surface area contributed by atoms with E-state index in [0.717, 1.165) is 16.5 Å². The van der Waals surface area contributed by atoms with Gasteiger partial charge < -0.3 is 15.2 Å². The van der Waals surface area contributed by atoms with Gasteiger partial charge in [0.2, 0.25) is 0 Å². The maximum Gasteiger partial charge on any atom is 0.329 e. The van der Waals surface area contributed by atoms with E-state index in [1.165, 1.54) is 25.3 Å². The summed E-state index contributed by atoms with van der Waals surface area (Å²) in [6.45, 7) is 1.87. The molecule has 1 atom stereocenters. The average molecular weight is 454 g/mol. The van der Waals surface area contributed by atoms with Crippen molar-refractivity contribution in [2.45, 2.75) is 19.4 Å². The Kier molecular flexibility index (Phi) is 5.80. The molecule has 7 nitrogen and oxygen atoms in total. The van der Waals surface area contributed by atoms with Gasteiger partial charge in [-0.1, -0.05) is 37.3 Å². The number of aromatic nitrogens is 1. The van der Waals surface area contributed by atoms with Gasteiger partial charge in [0.1, 0.15) is 11.5 Å². The molecule has 2 N–H and O–H groups in total. The van der Waals surface area contributed by atoms with Crippen molar-refractivity contribution in [3.63, 3.8) is 0 Å². The van der Waals surface area contributed by atoms with Crippen molar-refractivity contribution >= 4 is 23.2 Å². The summed E-state index contributed by atoms with van der Waals surface area (Å²) in [6, 6.07) is 10.2. The molecule has 0 saturated carbocycles. The number of fused-ring (bicyclic) bond motifs is 1. The Morgan fingerprint density at radius 1 is 1.06 bits per heavy atom. The highest BCUT2D eigenvalue weighted by molar-refractivity contribution is 6.07. The van der Waals surface area contributed by atoms with E-state index >= 15 is 8.78 Å². The van der Waals surface area contributed by atoms with Crippen LogP contribution in [0.2, 0.25) is 0 Å². The first-order valence-electron chi connectivity index (χ1n) is 10.3. The van der Waals surface area contributed by atoms with Crippen molar-refractivity contribution in [1.29, 1.82) is 0 Å². The van der Waals surface area contributed by atoms with Gasteiger partial charge in [-0.15, -0.1) is 0 Å². The zero-order valence-corrected chi connectivity index (χ0v) is 18.7. The van der Waals surface area contributed by atoms with Crippen molar-refractivity contribution in [1.82, 2.24) is 4.98 Å². The van der Waals surface area contributed by atoms with Crippen LogP contribution >= 0.6 is 0 Å². The van der Waals surface area contributed by atoms with E-state index in [0.29, 0.717) is 22.6 Å². The first kappa shape index (κ1) is 22.3. The van der Waals surface area contributed by atoms with Crippen molar-refractivity contribution in [2.24, 2.45) is 0 Å². The number of carbonyl (C=O) groups is 1. The molecule has 4 rings (SSSR count). The number of rotatable bonds is 5. The van der Waals surface area contributed by atoms with Gasteiger partial charge in [-0.3, -0.25) is 9.80 Å². The van der Waals surface area contributed by atoms with Crippen LogP contribution in [0.3, 0.4) is 0 Å². The molecule has 1 aromatic heterocycles. The molecule has 0 aliphatic carbocycles. The van der Waals surface area contributed by atoms with Crippen molar-refractivity contribution in [2.75, 3.05) is 36.8 Å². The summed E-state index contributed by atoms with van der Waals surface area (Å²) in [4.78, 5) is 20.1. The van der Waals surface area contributed by atoms with Gasteiger partial charge in [-0.25, -0.2) is 18.6 Å². The van der Waals surface area contributed by atoms with E-state index in [-0.39, 0.29) is 24.0 Å². The van der Waals surface area contributed by atoms with Crippen molar-refractivity contribution in [3.05, 3.63) is 70.9 Å². The number of halogens is 2. The molecular formula is C24H24F2N4O3. The highest BCUT2D eigenvalue weighted by atomic mass is 19.1. The molecule has 0 radical (unpaired) electrons. The molecule has 2 heterocycles. The Morgan fingerprint density at radius 2 is 1.67 bits per heavy atom. The number of urea groups is 1. The largest absolute Gasteiger partial charge is 0.493 e. The lowest BCUT2D eigenvalue weighted by atomic mass is 9.90. The quantitative estimate of drug-likeness (QED) is 0.605. The number of methoxy groups -OCH3 is 2. The molecule has 9 heteroatoms. The van der Waals surface area contributed by atoms with Gasteiger partial charge in [0.15, 0.2) is 23.1 Å². The van der Waals surface area contributed by atoms with Crippen LogP contribution < -0.4 is 25.0 Å². The molecule has 0 bridgehead atoms. The van der Waals surface area contributed by atoms with Gasteiger partial charge in [0.25, 0.3) is 0 Å². The average Bonchev–Trinajstić information content (AvgIpc) is 2.82. The highest BCUT2D eigenvalue weighted by Crippen LogP contribution is 2.44. The van der Waals surface area contributed by atoms with E-state index in [1.807, 2.05) is 37.3 Å². The normalized spacial score (nSPS) is 14.2. The van der Waals surface area contributed by atoms with Crippen LogP contribution in [-0.2, 0) is 6.54 Å². The van der Waals surface area contributed by atoms with E-state index < -0.39 is 23.4 Å². The van der Waals surface area contributed by atoms with Crippen LogP contribution in [0.15, 0.2) is 42.6 Å². The number of carbonyl (C=O) groups excluding carboxylic acids is 1. The van der Waals surface area contributed by atoms with Crippen LogP contribution in [0.1, 0.15) is 29.5 Å². The van der Waals surface area contributed by atoms with Crippen LogP contribution in [0.4, 0.5) is 30.8 Å². The molecule has 1 aliphatic rings. The number of pyridine rings is 1. The smallest absolute Gasteiger partial charge is 0.329 e. The number of anilines is 3. The van der Waals surface area contributed by atoms with Crippen molar-refractivity contribution < 1.29 is 23.0 Å². The molecule has 0 saturated heterocycles. The third-order valence-corrected chi connectivity index (χ3v) is 5.93. The molecule has 172 valence electrons. The lowest BCUT2D eigenvalue weighted by Crippen LogP contribution is -2.47. The fourth-order valence-corrected chi connectivity index (χ4v) is 4.22. The molecule has 1 aliphatic heterocycles. The van der Waals surface area contributed by atoms with Gasteiger partial charge >= 0.3 is 6.03 Å². The second kappa shape index (κ2) is 8.57. The van der Waals surface area contributed by atoms with Crippen LogP contribution in [0.25, 0.3) is 0 Å². The number of nitrogens with zero attached hydrogens (tertiary/aromatic N) is 3. The van der Waals surface area contributed by atoms with E-state index in [1.54, 1.807) is 7.05 Å². The van der Waals surface area contributed by atoms with E-state index in [9.17, 15) is 4.79 Å². The lowest BCUT2D eigenvalue weighted by molar-refractivity contribution is 0.250. The Morgan fingerprint density at radius 3 is 2.24 bits per heavy atom. The number of amides is 2.